The van der Waals surface area contributed by atoms with Crippen LogP contribution < -0.4 is 5.73 Å². The summed E-state index contributed by atoms with van der Waals surface area (Å²) in [5.74, 6) is 1.67. The van der Waals surface area contributed by atoms with E-state index >= 15 is 0 Å². The summed E-state index contributed by atoms with van der Waals surface area (Å²) in [5.41, 5.74) is 8.56. The van der Waals surface area contributed by atoms with Crippen molar-refractivity contribution in [3.63, 3.8) is 0 Å². The van der Waals surface area contributed by atoms with Gasteiger partial charge in [-0.25, -0.2) is 0 Å². The van der Waals surface area contributed by atoms with Crippen molar-refractivity contribution in [1.82, 2.24) is 0 Å². The van der Waals surface area contributed by atoms with Crippen molar-refractivity contribution in [2.24, 2.45) is 33.8 Å². The zero-order chi connectivity index (χ0) is 14.8. The minimum absolute atomic E-state index is 0.00210. The smallest absolute Gasteiger partial charge is 0.223 e. The van der Waals surface area contributed by atoms with Gasteiger partial charge < -0.3 is 5.73 Å². The van der Waals surface area contributed by atoms with Crippen molar-refractivity contribution >= 4 is 5.91 Å². The molecule has 1 aromatic rings. The number of carbonyl (C=O) groups excluding carboxylic acids is 1. The molecule has 5 aliphatic carbocycles. The zero-order valence-electron chi connectivity index (χ0n) is 13.0. The molecule has 5 atom stereocenters. The first-order chi connectivity index (χ1) is 10.6. The average molecular weight is 293 g/mol. The highest BCUT2D eigenvalue weighted by Gasteiger charge is 2.86. The lowest BCUT2D eigenvalue weighted by molar-refractivity contribution is -0.129. The predicted octanol–water partition coefficient (Wildman–Crippen LogP) is 3.40. The first kappa shape index (κ1) is 12.2. The monoisotopic (exact) mass is 293 g/mol. The number of amides is 1. The first-order valence-electron chi connectivity index (χ1n) is 8.93. The number of nitrogens with two attached hydrogens (primary N) is 1. The van der Waals surface area contributed by atoms with Crippen LogP contribution in [0.25, 0.3) is 0 Å². The van der Waals surface area contributed by atoms with Crippen LogP contribution in [0.5, 0.6) is 0 Å². The molecule has 2 heteroatoms. The van der Waals surface area contributed by atoms with E-state index < -0.39 is 0 Å². The second kappa shape index (κ2) is 3.16. The van der Waals surface area contributed by atoms with Gasteiger partial charge in [0.25, 0.3) is 0 Å². The van der Waals surface area contributed by atoms with Gasteiger partial charge in [-0.1, -0.05) is 30.3 Å². The fourth-order valence-corrected chi connectivity index (χ4v) is 8.16. The van der Waals surface area contributed by atoms with Crippen LogP contribution in [0.15, 0.2) is 30.3 Å². The Balaban J connectivity index is 1.59. The fraction of sp³-hybridized carbons (Fsp3) is 0.650. The van der Waals surface area contributed by atoms with E-state index in [1.54, 1.807) is 0 Å². The van der Waals surface area contributed by atoms with Crippen LogP contribution >= 0.6 is 0 Å². The molecule has 2 nitrogen and oxygen atoms in total. The van der Waals surface area contributed by atoms with Crippen LogP contribution in [0.1, 0.15) is 50.5 Å². The summed E-state index contributed by atoms with van der Waals surface area (Å²) in [6.07, 6.45) is 8.75. The molecule has 3 bridgehead atoms. The molecule has 0 radical (unpaired) electrons. The van der Waals surface area contributed by atoms with Gasteiger partial charge in [0.2, 0.25) is 5.91 Å². The summed E-state index contributed by atoms with van der Waals surface area (Å²) in [7, 11) is 0. The second-order valence-electron chi connectivity index (χ2n) is 9.20. The molecule has 1 amide bonds. The quantitative estimate of drug-likeness (QED) is 0.892. The van der Waals surface area contributed by atoms with Gasteiger partial charge in [-0.2, -0.15) is 0 Å². The maximum atomic E-state index is 12.4. The van der Waals surface area contributed by atoms with Crippen LogP contribution in [0.3, 0.4) is 0 Å². The van der Waals surface area contributed by atoms with E-state index in [2.05, 4.69) is 30.3 Å². The summed E-state index contributed by atoms with van der Waals surface area (Å²) in [5, 5.41) is 0. The highest BCUT2D eigenvalue weighted by Crippen LogP contribution is 2.91. The number of benzene rings is 1. The topological polar surface area (TPSA) is 43.1 Å². The average Bonchev–Trinajstić information content (AvgIpc) is 3.27. The molecule has 0 aromatic heterocycles. The van der Waals surface area contributed by atoms with Crippen molar-refractivity contribution in [2.45, 2.75) is 50.4 Å². The molecule has 5 unspecified atom stereocenters. The summed E-state index contributed by atoms with van der Waals surface area (Å²) >= 11 is 0. The van der Waals surface area contributed by atoms with Crippen molar-refractivity contribution in [1.29, 1.82) is 0 Å². The molecule has 5 saturated carbocycles. The van der Waals surface area contributed by atoms with Gasteiger partial charge in [0.15, 0.2) is 0 Å². The van der Waals surface area contributed by atoms with Crippen molar-refractivity contribution < 1.29 is 4.79 Å². The van der Waals surface area contributed by atoms with E-state index in [0.29, 0.717) is 10.8 Å². The Kier molecular flexibility index (Phi) is 1.74. The van der Waals surface area contributed by atoms with E-state index in [-0.39, 0.29) is 16.7 Å². The highest BCUT2D eigenvalue weighted by atomic mass is 16.1. The van der Waals surface area contributed by atoms with Gasteiger partial charge in [-0.3, -0.25) is 4.79 Å². The normalized spacial score (nSPS) is 51.6. The van der Waals surface area contributed by atoms with E-state index in [9.17, 15) is 4.79 Å². The van der Waals surface area contributed by atoms with E-state index in [4.69, 9.17) is 5.73 Å². The van der Waals surface area contributed by atoms with Gasteiger partial charge in [-0.05, 0) is 73.2 Å². The molecule has 2 spiro atoms. The van der Waals surface area contributed by atoms with Crippen LogP contribution in [0, 0.1) is 28.1 Å². The molecule has 5 aliphatic rings. The lowest BCUT2D eigenvalue weighted by Crippen LogP contribution is -2.57. The third-order valence-electron chi connectivity index (χ3n) is 8.90. The molecule has 114 valence electrons. The molecule has 22 heavy (non-hydrogen) atoms. The maximum absolute atomic E-state index is 12.4. The molecule has 0 heterocycles. The number of hydrogen-bond donors (Lipinski definition) is 1. The second-order valence-corrected chi connectivity index (χ2v) is 9.20. The Bertz CT molecular complexity index is 708. The maximum Gasteiger partial charge on any atom is 0.223 e. The molecule has 1 aromatic carbocycles. The van der Waals surface area contributed by atoms with Crippen molar-refractivity contribution in [3.05, 3.63) is 35.9 Å². The van der Waals surface area contributed by atoms with Gasteiger partial charge in [-0.15, -0.1) is 0 Å². The summed E-state index contributed by atoms with van der Waals surface area (Å²) < 4.78 is 0. The number of rotatable bonds is 2. The van der Waals surface area contributed by atoms with Crippen LogP contribution in [0.4, 0.5) is 0 Å². The Morgan fingerprint density at radius 2 is 1.82 bits per heavy atom. The van der Waals surface area contributed by atoms with Gasteiger partial charge >= 0.3 is 0 Å². The molecule has 5 fully saturated rings. The van der Waals surface area contributed by atoms with Gasteiger partial charge in [0.1, 0.15) is 0 Å². The van der Waals surface area contributed by atoms with Gasteiger partial charge in [0, 0.05) is 5.41 Å². The van der Waals surface area contributed by atoms with Gasteiger partial charge in [0.05, 0.1) is 5.41 Å². The minimum Gasteiger partial charge on any atom is -0.369 e. The Labute approximate surface area is 131 Å². The summed E-state index contributed by atoms with van der Waals surface area (Å²) in [6, 6.07) is 11.1. The predicted molar refractivity (Wildman–Crippen MR) is 83.9 cm³/mol. The number of hydrogen-bond acceptors (Lipinski definition) is 1. The highest BCUT2D eigenvalue weighted by molar-refractivity contribution is 5.83. The Morgan fingerprint density at radius 3 is 2.50 bits per heavy atom. The van der Waals surface area contributed by atoms with E-state index in [1.165, 1.54) is 31.2 Å². The van der Waals surface area contributed by atoms with Crippen molar-refractivity contribution in [3.8, 4) is 0 Å². The zero-order valence-corrected chi connectivity index (χ0v) is 13.0. The standard InChI is InChI=1S/C20H23NO/c21-16(22)17-8-14-9-20(12-17)15(18(14)6-7-18)10-19(20,11-17)13-4-2-1-3-5-13/h1-5,14-15H,6-12H2,(H2,21,22). The number of fused-ring (bicyclic) bond motifs is 4. The third kappa shape index (κ3) is 0.969. The van der Waals surface area contributed by atoms with Crippen LogP contribution in [-0.4, -0.2) is 5.91 Å². The Morgan fingerprint density at radius 1 is 1.05 bits per heavy atom. The molecule has 0 saturated heterocycles. The number of primary amides is 1. The molecule has 6 rings (SSSR count). The molecule has 2 N–H and O–H groups in total. The Hall–Kier alpha value is -1.31. The SMILES string of the molecule is NC(=O)C12CC3CC4(C1)C(CC4(c1ccccc1)C2)C31CC1. The summed E-state index contributed by atoms with van der Waals surface area (Å²) in [4.78, 5) is 12.4. The summed E-state index contributed by atoms with van der Waals surface area (Å²) in [6.45, 7) is 0. The van der Waals surface area contributed by atoms with E-state index in [0.717, 1.165) is 31.1 Å². The number of carbonyl (C=O) groups is 1. The fourth-order valence-electron chi connectivity index (χ4n) is 8.16. The molecular weight excluding hydrogens is 270 g/mol. The molecular formula is C20H23NO. The largest absolute Gasteiger partial charge is 0.369 e. The van der Waals surface area contributed by atoms with Crippen LogP contribution in [0.2, 0.25) is 0 Å². The lowest BCUT2D eigenvalue weighted by Gasteiger charge is -2.61. The first-order valence-corrected chi connectivity index (χ1v) is 8.93. The lowest BCUT2D eigenvalue weighted by atomic mass is 9.43. The molecule has 0 aliphatic heterocycles. The van der Waals surface area contributed by atoms with Crippen LogP contribution in [-0.2, 0) is 10.2 Å². The third-order valence-corrected chi connectivity index (χ3v) is 8.90. The van der Waals surface area contributed by atoms with Crippen molar-refractivity contribution in [2.75, 3.05) is 0 Å². The minimum atomic E-state index is -0.195. The van der Waals surface area contributed by atoms with E-state index in [1.807, 2.05) is 0 Å².